The highest BCUT2D eigenvalue weighted by atomic mass is 35.5. The molecule has 10 N–H and O–H groups in total. The molecule has 2 aromatic heterocycles. The number of nitrogens with zero attached hydrogens (tertiary/aromatic N) is 3. The van der Waals surface area contributed by atoms with Crippen molar-refractivity contribution >= 4 is 35.4 Å². The summed E-state index contributed by atoms with van der Waals surface area (Å²) in [5.74, 6) is 0.0437. The normalized spacial score (nSPS) is 15.4. The Labute approximate surface area is 271 Å². The molecule has 1 unspecified atom stereocenters. The molecule has 12 nitrogen and oxygen atoms in total. The maximum Gasteiger partial charge on any atom is 0.231 e. The SMILES string of the molecule is C[C@H](N)CCCc1cc(Cl)c(F)c(-c2cc3c([nH]2)=NC(O)N(c2ccc(CO[C@H](CCNC(=N)N)CNc4ncc[nH]4)cc2)C=3)c1. The number of ether oxygens (including phenoxy) is 1. The Kier molecular flexibility index (Phi) is 10.9. The third-order valence-electron chi connectivity index (χ3n) is 7.60. The summed E-state index contributed by atoms with van der Waals surface area (Å²) in [6, 6.07) is 13.0. The van der Waals surface area contributed by atoms with Crippen LogP contribution in [0.5, 0.6) is 0 Å². The second-order valence-electron chi connectivity index (χ2n) is 11.4. The molecule has 1 aliphatic rings. The fourth-order valence-electron chi connectivity index (χ4n) is 5.19. The minimum Gasteiger partial charge on any atom is -0.372 e. The number of aryl methyl sites for hydroxylation is 1. The van der Waals surface area contributed by atoms with E-state index in [4.69, 9.17) is 33.2 Å². The van der Waals surface area contributed by atoms with Crippen molar-refractivity contribution in [3.8, 4) is 11.3 Å². The minimum absolute atomic E-state index is 0.0559. The van der Waals surface area contributed by atoms with Crippen LogP contribution >= 0.6 is 11.6 Å². The molecule has 0 bridgehead atoms. The van der Waals surface area contributed by atoms with Gasteiger partial charge in [0.25, 0.3) is 0 Å². The monoisotopic (exact) mass is 650 g/mol. The van der Waals surface area contributed by atoms with Gasteiger partial charge in [-0.3, -0.25) is 5.41 Å². The minimum atomic E-state index is -1.18. The van der Waals surface area contributed by atoms with Crippen LogP contribution < -0.4 is 37.7 Å². The van der Waals surface area contributed by atoms with E-state index < -0.39 is 12.2 Å². The van der Waals surface area contributed by atoms with Crippen LogP contribution in [0, 0.1) is 11.2 Å². The van der Waals surface area contributed by atoms with Crippen LogP contribution in [-0.2, 0) is 17.8 Å². The number of halogens is 2. The number of hydrogen-bond donors (Lipinski definition) is 8. The van der Waals surface area contributed by atoms with E-state index in [0.717, 1.165) is 36.1 Å². The Balaban J connectivity index is 1.27. The van der Waals surface area contributed by atoms with Crippen LogP contribution in [0.3, 0.4) is 0 Å². The van der Waals surface area contributed by atoms with E-state index in [9.17, 15) is 5.11 Å². The number of guanidine groups is 1. The van der Waals surface area contributed by atoms with Crippen molar-refractivity contribution in [1.29, 1.82) is 5.41 Å². The maximum absolute atomic E-state index is 15.1. The van der Waals surface area contributed by atoms with E-state index in [0.29, 0.717) is 54.0 Å². The number of fused-ring (bicyclic) bond motifs is 1. The number of aromatic nitrogens is 3. The van der Waals surface area contributed by atoms with Gasteiger partial charge in [-0.25, -0.2) is 14.4 Å². The fraction of sp³-hybridized carbons (Fsp3) is 0.344. The zero-order chi connectivity index (χ0) is 32.6. The average molecular weight is 651 g/mol. The largest absolute Gasteiger partial charge is 0.372 e. The van der Waals surface area contributed by atoms with E-state index >= 15 is 4.39 Å². The molecule has 0 fully saturated rings. The average Bonchev–Trinajstić information content (AvgIpc) is 3.69. The molecule has 1 aliphatic heterocycles. The number of aliphatic hydroxyl groups is 1. The summed E-state index contributed by atoms with van der Waals surface area (Å²) in [6.45, 7) is 3.32. The van der Waals surface area contributed by atoms with Gasteiger partial charge in [0.15, 0.2) is 17.7 Å². The number of H-pyrrole nitrogens is 2. The van der Waals surface area contributed by atoms with Gasteiger partial charge in [0.05, 0.1) is 23.4 Å². The molecule has 0 saturated carbocycles. The molecule has 2 aromatic carbocycles. The molecule has 0 aliphatic carbocycles. The Bertz CT molecular complexity index is 1730. The van der Waals surface area contributed by atoms with Gasteiger partial charge in [-0.2, -0.15) is 0 Å². The standard InChI is InChI=1S/C32H40ClFN10O2/c1-19(35)3-2-4-21-13-25(28(34)26(33)14-21)27-15-22-17-44(32(45)43-29(22)42-27)23-7-5-20(6-8-23)18-46-24(9-10-38-30(36)37)16-41-31-39-11-12-40-31/h5-8,11-15,17,19,24,32,45H,2-4,9-10,16,18,35H2,1H3,(H,42,43)(H4,36,37,38)(H2,39,40,41)/t19-,24+,32?/m0/s1. The Morgan fingerprint density at radius 3 is 2.74 bits per heavy atom. The van der Waals surface area contributed by atoms with Crippen molar-refractivity contribution in [2.45, 2.75) is 57.7 Å². The van der Waals surface area contributed by atoms with Gasteiger partial charge in [0.2, 0.25) is 6.35 Å². The lowest BCUT2D eigenvalue weighted by atomic mass is 10.0. The number of nitrogens with two attached hydrogens (primary N) is 2. The quantitative estimate of drug-likeness (QED) is 0.0712. The van der Waals surface area contributed by atoms with Gasteiger partial charge in [-0.05, 0) is 74.1 Å². The summed E-state index contributed by atoms with van der Waals surface area (Å²) in [6.07, 6.45) is 6.92. The topological polar surface area (TPSA) is 189 Å². The van der Waals surface area contributed by atoms with E-state index in [1.54, 1.807) is 41.7 Å². The number of anilines is 2. The number of aliphatic hydroxyl groups excluding tert-OH is 1. The highest BCUT2D eigenvalue weighted by molar-refractivity contribution is 6.31. The van der Waals surface area contributed by atoms with Gasteiger partial charge in [-0.15, -0.1) is 0 Å². The zero-order valence-electron chi connectivity index (χ0n) is 25.6. The number of aromatic amines is 2. The van der Waals surface area contributed by atoms with Crippen molar-refractivity contribution in [1.82, 2.24) is 20.3 Å². The number of nitrogens with one attached hydrogen (secondary N) is 5. The van der Waals surface area contributed by atoms with Crippen LogP contribution in [0.25, 0.3) is 17.5 Å². The molecule has 4 aromatic rings. The smallest absolute Gasteiger partial charge is 0.231 e. The van der Waals surface area contributed by atoms with Crippen LogP contribution in [0.15, 0.2) is 59.9 Å². The highest BCUT2D eigenvalue weighted by Crippen LogP contribution is 2.29. The van der Waals surface area contributed by atoms with Crippen molar-refractivity contribution in [3.05, 3.63) is 87.5 Å². The molecule has 0 amide bonds. The van der Waals surface area contributed by atoms with Crippen LogP contribution in [0.4, 0.5) is 16.0 Å². The Morgan fingerprint density at radius 1 is 1.22 bits per heavy atom. The van der Waals surface area contributed by atoms with Crippen molar-refractivity contribution in [2.24, 2.45) is 16.5 Å². The lowest BCUT2D eigenvalue weighted by molar-refractivity contribution is 0.0444. The second-order valence-corrected chi connectivity index (χ2v) is 11.8. The van der Waals surface area contributed by atoms with Gasteiger partial charge >= 0.3 is 0 Å². The van der Waals surface area contributed by atoms with Crippen LogP contribution in [0.2, 0.25) is 5.02 Å². The number of imidazole rings is 1. The van der Waals surface area contributed by atoms with Gasteiger partial charge < -0.3 is 46.8 Å². The lowest BCUT2D eigenvalue weighted by Gasteiger charge is -2.25. The first-order chi connectivity index (χ1) is 22.2. The summed E-state index contributed by atoms with van der Waals surface area (Å²) in [5.41, 5.74) is 15.2. The van der Waals surface area contributed by atoms with E-state index in [-0.39, 0.29) is 23.1 Å². The summed E-state index contributed by atoms with van der Waals surface area (Å²) in [5, 5.41) is 25.0. The maximum atomic E-state index is 15.1. The highest BCUT2D eigenvalue weighted by Gasteiger charge is 2.20. The third-order valence-corrected chi connectivity index (χ3v) is 7.87. The summed E-state index contributed by atoms with van der Waals surface area (Å²) >= 11 is 6.26. The molecule has 46 heavy (non-hydrogen) atoms. The van der Waals surface area contributed by atoms with E-state index in [2.05, 4.69) is 30.6 Å². The first-order valence-corrected chi connectivity index (χ1v) is 15.5. The predicted octanol–water partition coefficient (Wildman–Crippen LogP) is 2.89. The molecular weight excluding hydrogens is 611 g/mol. The summed E-state index contributed by atoms with van der Waals surface area (Å²) < 4.78 is 21.3. The Hall–Kier alpha value is -4.43. The molecular formula is C32H40ClFN10O2. The number of rotatable bonds is 15. The molecule has 0 radical (unpaired) electrons. The predicted molar refractivity (Wildman–Crippen MR) is 178 cm³/mol. The molecule has 0 saturated heterocycles. The number of hydrogen-bond acceptors (Lipinski definition) is 8. The Morgan fingerprint density at radius 2 is 2.02 bits per heavy atom. The summed E-state index contributed by atoms with van der Waals surface area (Å²) in [7, 11) is 0. The molecule has 244 valence electrons. The molecule has 3 atom stereocenters. The van der Waals surface area contributed by atoms with Crippen LogP contribution in [-0.4, -0.2) is 57.6 Å². The van der Waals surface area contributed by atoms with Gasteiger partial charge in [-0.1, -0.05) is 23.7 Å². The van der Waals surface area contributed by atoms with Crippen molar-refractivity contribution < 1.29 is 14.2 Å². The summed E-state index contributed by atoms with van der Waals surface area (Å²) in [4.78, 5) is 16.4. The van der Waals surface area contributed by atoms with E-state index in [1.807, 2.05) is 31.2 Å². The van der Waals surface area contributed by atoms with E-state index in [1.165, 1.54) is 0 Å². The van der Waals surface area contributed by atoms with Crippen molar-refractivity contribution in [2.75, 3.05) is 23.3 Å². The molecule has 14 heteroatoms. The first kappa shape index (κ1) is 32.9. The van der Waals surface area contributed by atoms with Crippen molar-refractivity contribution in [3.63, 3.8) is 0 Å². The first-order valence-electron chi connectivity index (χ1n) is 15.2. The van der Waals surface area contributed by atoms with Gasteiger partial charge in [0, 0.05) is 54.2 Å². The molecule has 5 rings (SSSR count). The zero-order valence-corrected chi connectivity index (χ0v) is 26.3. The lowest BCUT2D eigenvalue weighted by Crippen LogP contribution is -2.41. The molecule has 0 spiro atoms. The van der Waals surface area contributed by atoms with Crippen LogP contribution in [0.1, 0.15) is 37.3 Å². The number of benzene rings is 2. The fourth-order valence-corrected chi connectivity index (χ4v) is 5.43. The second kappa shape index (κ2) is 15.2. The third kappa shape index (κ3) is 8.63. The molecule has 3 heterocycles. The van der Waals surface area contributed by atoms with Gasteiger partial charge in [0.1, 0.15) is 5.49 Å².